The molecule has 0 spiro atoms. The molecule has 0 amide bonds. The van der Waals surface area contributed by atoms with Gasteiger partial charge in [0.2, 0.25) is 0 Å². The highest BCUT2D eigenvalue weighted by molar-refractivity contribution is 7.99. The maximum absolute atomic E-state index is 13.4. The number of non-ortho nitro benzene ring substituents is 1. The average molecular weight is 464 g/mol. The monoisotopic (exact) mass is 464 g/mol. The normalized spacial score (nSPS) is 10.7. The Morgan fingerprint density at radius 2 is 1.70 bits per heavy atom. The summed E-state index contributed by atoms with van der Waals surface area (Å²) >= 11 is 1.16. The summed E-state index contributed by atoms with van der Waals surface area (Å²) in [5.41, 5.74) is 2.09. The van der Waals surface area contributed by atoms with Crippen LogP contribution in [0.15, 0.2) is 84.0 Å². The number of nitro benzene ring substituents is 1. The minimum absolute atomic E-state index is 0.00356. The fraction of sp³-hybridized carbons (Fsp3) is 0.0870. The molecule has 0 N–H and O–H groups in total. The van der Waals surface area contributed by atoms with Gasteiger partial charge in [-0.05, 0) is 54.1 Å². The van der Waals surface area contributed by atoms with Gasteiger partial charge in [0.25, 0.3) is 5.69 Å². The lowest BCUT2D eigenvalue weighted by atomic mass is 10.2. The van der Waals surface area contributed by atoms with Gasteiger partial charge < -0.3 is 4.74 Å². The van der Waals surface area contributed by atoms with Crippen LogP contribution in [-0.4, -0.2) is 31.4 Å². The predicted octanol–water partition coefficient (Wildman–Crippen LogP) is 4.82. The smallest absolute Gasteiger partial charge is 0.316 e. The molecule has 0 radical (unpaired) electrons. The van der Waals surface area contributed by atoms with Gasteiger partial charge in [-0.25, -0.2) is 4.39 Å². The maximum Gasteiger partial charge on any atom is 0.316 e. The highest BCUT2D eigenvalue weighted by Gasteiger charge is 2.18. The molecule has 8 nitrogen and oxygen atoms in total. The molecular weight excluding hydrogens is 447 g/mol. The first kappa shape index (κ1) is 22.2. The van der Waals surface area contributed by atoms with Gasteiger partial charge in [0.1, 0.15) is 12.4 Å². The topological polar surface area (TPSA) is 100 Å². The van der Waals surface area contributed by atoms with Crippen molar-refractivity contribution in [2.45, 2.75) is 11.8 Å². The number of thioether (sulfide) groups is 1. The van der Waals surface area contributed by atoms with Crippen LogP contribution in [-0.2, 0) is 16.1 Å². The van der Waals surface area contributed by atoms with E-state index in [-0.39, 0.29) is 23.9 Å². The maximum atomic E-state index is 13.4. The van der Waals surface area contributed by atoms with Crippen LogP contribution >= 0.6 is 11.8 Å². The van der Waals surface area contributed by atoms with E-state index < -0.39 is 10.9 Å². The molecule has 0 unspecified atom stereocenters. The molecule has 0 atom stereocenters. The summed E-state index contributed by atoms with van der Waals surface area (Å²) < 4.78 is 20.4. The van der Waals surface area contributed by atoms with Crippen LogP contribution in [0, 0.1) is 15.9 Å². The molecule has 0 aliphatic rings. The fourth-order valence-corrected chi connectivity index (χ4v) is 3.75. The summed E-state index contributed by atoms with van der Waals surface area (Å²) in [5, 5.41) is 19.7. The number of carbonyl (C=O) groups is 1. The van der Waals surface area contributed by atoms with Crippen molar-refractivity contribution in [3.8, 4) is 17.1 Å². The number of ether oxygens (including phenoxy) is 1. The van der Waals surface area contributed by atoms with Crippen molar-refractivity contribution in [2.75, 3.05) is 5.75 Å². The molecular formula is C23H17FN4O4S. The third kappa shape index (κ3) is 5.42. The van der Waals surface area contributed by atoms with Gasteiger partial charge in [-0.3, -0.25) is 19.5 Å². The summed E-state index contributed by atoms with van der Waals surface area (Å²) in [5.74, 6) is -0.316. The molecule has 0 fully saturated rings. The molecule has 0 aliphatic heterocycles. The third-order valence-electron chi connectivity index (χ3n) is 4.62. The number of halogens is 1. The van der Waals surface area contributed by atoms with Gasteiger partial charge >= 0.3 is 5.97 Å². The number of hydrogen-bond donors (Lipinski definition) is 0. The van der Waals surface area contributed by atoms with E-state index in [1.165, 1.54) is 24.3 Å². The lowest BCUT2D eigenvalue weighted by molar-refractivity contribution is -0.384. The average Bonchev–Trinajstić information content (AvgIpc) is 3.26. The zero-order chi connectivity index (χ0) is 23.2. The highest BCUT2D eigenvalue weighted by atomic mass is 32.2. The molecule has 4 aromatic rings. The molecule has 1 aromatic heterocycles. The van der Waals surface area contributed by atoms with E-state index in [1.807, 2.05) is 30.3 Å². The molecule has 33 heavy (non-hydrogen) atoms. The summed E-state index contributed by atoms with van der Waals surface area (Å²) in [6.07, 6.45) is 0. The van der Waals surface area contributed by atoms with Crippen molar-refractivity contribution in [2.24, 2.45) is 0 Å². The van der Waals surface area contributed by atoms with Crippen molar-refractivity contribution in [1.82, 2.24) is 14.8 Å². The van der Waals surface area contributed by atoms with Crippen LogP contribution in [0.5, 0.6) is 0 Å². The molecule has 4 rings (SSSR count). The van der Waals surface area contributed by atoms with Gasteiger partial charge in [-0.2, -0.15) is 0 Å². The second-order valence-electron chi connectivity index (χ2n) is 6.86. The number of rotatable bonds is 8. The van der Waals surface area contributed by atoms with Crippen LogP contribution in [0.1, 0.15) is 5.56 Å². The Labute approximate surface area is 192 Å². The second-order valence-corrected chi connectivity index (χ2v) is 7.80. The van der Waals surface area contributed by atoms with E-state index in [9.17, 15) is 19.3 Å². The molecule has 166 valence electrons. The Bertz CT molecular complexity index is 1260. The van der Waals surface area contributed by atoms with Gasteiger partial charge in [0.05, 0.1) is 10.7 Å². The van der Waals surface area contributed by atoms with Crippen molar-refractivity contribution in [1.29, 1.82) is 0 Å². The number of nitro groups is 1. The van der Waals surface area contributed by atoms with Crippen LogP contribution in [0.2, 0.25) is 0 Å². The highest BCUT2D eigenvalue weighted by Crippen LogP contribution is 2.28. The molecule has 3 aromatic carbocycles. The predicted molar refractivity (Wildman–Crippen MR) is 120 cm³/mol. The van der Waals surface area contributed by atoms with Crippen LogP contribution in [0.4, 0.5) is 10.1 Å². The zero-order valence-electron chi connectivity index (χ0n) is 17.1. The molecule has 0 saturated carbocycles. The number of nitrogens with zero attached hydrogens (tertiary/aromatic N) is 4. The zero-order valence-corrected chi connectivity index (χ0v) is 17.9. The standard InChI is InChI=1S/C23H17FN4O4S/c24-18-10-8-17(9-11-18)22-25-26-23(27(22)19-4-2-1-3-5-19)33-15-21(29)32-14-16-6-12-20(13-7-16)28(30)31/h1-13H,14-15H2. The van der Waals surface area contributed by atoms with E-state index in [1.54, 1.807) is 28.8 Å². The minimum Gasteiger partial charge on any atom is -0.460 e. The largest absolute Gasteiger partial charge is 0.460 e. The first-order chi connectivity index (χ1) is 16.0. The fourth-order valence-electron chi connectivity index (χ4n) is 3.00. The molecule has 1 heterocycles. The third-order valence-corrected chi connectivity index (χ3v) is 5.52. The number of esters is 1. The summed E-state index contributed by atoms with van der Waals surface area (Å²) in [7, 11) is 0. The quantitative estimate of drug-likeness (QED) is 0.160. The van der Waals surface area contributed by atoms with Gasteiger partial charge in [0.15, 0.2) is 11.0 Å². The molecule has 0 bridgehead atoms. The van der Waals surface area contributed by atoms with Crippen LogP contribution in [0.25, 0.3) is 17.1 Å². The van der Waals surface area contributed by atoms with E-state index in [0.717, 1.165) is 17.4 Å². The first-order valence-electron chi connectivity index (χ1n) is 9.80. The lowest BCUT2D eigenvalue weighted by Gasteiger charge is -2.10. The van der Waals surface area contributed by atoms with Crippen molar-refractivity contribution in [3.63, 3.8) is 0 Å². The van der Waals surface area contributed by atoms with Gasteiger partial charge in [-0.1, -0.05) is 30.0 Å². The van der Waals surface area contributed by atoms with Crippen LogP contribution in [0.3, 0.4) is 0 Å². The molecule has 0 saturated heterocycles. The Balaban J connectivity index is 1.47. The summed E-state index contributed by atoms with van der Waals surface area (Å²) in [6, 6.07) is 21.1. The Morgan fingerprint density at radius 1 is 1.00 bits per heavy atom. The van der Waals surface area contributed by atoms with Crippen molar-refractivity contribution >= 4 is 23.4 Å². The van der Waals surface area contributed by atoms with Crippen molar-refractivity contribution < 1.29 is 18.8 Å². The van der Waals surface area contributed by atoms with Crippen LogP contribution < -0.4 is 0 Å². The van der Waals surface area contributed by atoms with E-state index in [4.69, 9.17) is 4.74 Å². The second kappa shape index (κ2) is 10.0. The number of hydrogen-bond acceptors (Lipinski definition) is 7. The SMILES string of the molecule is O=C(CSc1nnc(-c2ccc(F)cc2)n1-c1ccccc1)OCc1ccc([N+](=O)[O-])cc1. The van der Waals surface area contributed by atoms with E-state index >= 15 is 0 Å². The number of carbonyl (C=O) groups excluding carboxylic acids is 1. The van der Waals surface area contributed by atoms with Gasteiger partial charge in [0, 0.05) is 23.4 Å². The minimum atomic E-state index is -0.491. The Hall–Kier alpha value is -4.05. The number of para-hydroxylation sites is 1. The number of aromatic nitrogens is 3. The summed E-state index contributed by atoms with van der Waals surface area (Å²) in [4.78, 5) is 22.5. The number of benzene rings is 3. The summed E-state index contributed by atoms with van der Waals surface area (Å²) in [6.45, 7) is 0.00356. The molecule has 10 heteroatoms. The van der Waals surface area contributed by atoms with E-state index in [2.05, 4.69) is 10.2 Å². The Morgan fingerprint density at radius 3 is 2.36 bits per heavy atom. The van der Waals surface area contributed by atoms with Gasteiger partial charge in [-0.15, -0.1) is 10.2 Å². The van der Waals surface area contributed by atoms with E-state index in [0.29, 0.717) is 22.1 Å². The molecule has 0 aliphatic carbocycles. The Kier molecular flexibility index (Phi) is 6.75. The lowest BCUT2D eigenvalue weighted by Crippen LogP contribution is -2.08. The van der Waals surface area contributed by atoms with Crippen molar-refractivity contribution in [3.05, 3.63) is 100 Å². The first-order valence-corrected chi connectivity index (χ1v) is 10.8.